The minimum atomic E-state index is -2.77. The quantitative estimate of drug-likeness (QED) is 0.526. The average Bonchev–Trinajstić information content (AvgIpc) is 3.14. The fourth-order valence-corrected chi connectivity index (χ4v) is 2.94. The number of hydrogen-bond donors (Lipinski definition) is 0. The summed E-state index contributed by atoms with van der Waals surface area (Å²) in [6, 6.07) is 20.1. The topological polar surface area (TPSA) is 52.7 Å². The van der Waals surface area contributed by atoms with E-state index in [1.807, 2.05) is 66.9 Å². The minimum Gasteiger partial charge on any atom is -0.295 e. The van der Waals surface area contributed by atoms with Crippen LogP contribution < -0.4 is 5.56 Å². The standard InChI is InChI=1S/C21H16F2N4O/c22-21(23)18-11-19(28)26(14-24-18)12-16-13-27(17-9-5-2-6-10-17)25-20(16)15-7-3-1-4-8-15/h1-11,13-14,21H,12H2. The summed E-state index contributed by atoms with van der Waals surface area (Å²) < 4.78 is 28.6. The zero-order valence-electron chi connectivity index (χ0n) is 14.7. The van der Waals surface area contributed by atoms with E-state index in [-0.39, 0.29) is 6.54 Å². The number of alkyl halides is 2. The molecule has 0 amide bonds. The van der Waals surface area contributed by atoms with Crippen LogP contribution >= 0.6 is 0 Å². The van der Waals surface area contributed by atoms with Crippen molar-refractivity contribution < 1.29 is 8.78 Å². The molecular formula is C21H16F2N4O. The Kier molecular flexibility index (Phi) is 4.80. The molecule has 4 aromatic rings. The lowest BCUT2D eigenvalue weighted by Gasteiger charge is -2.06. The average molecular weight is 378 g/mol. The van der Waals surface area contributed by atoms with E-state index in [1.165, 1.54) is 4.57 Å². The lowest BCUT2D eigenvalue weighted by Crippen LogP contribution is -2.21. The summed E-state index contributed by atoms with van der Waals surface area (Å²) in [4.78, 5) is 15.9. The van der Waals surface area contributed by atoms with Crippen LogP contribution in [0.4, 0.5) is 8.78 Å². The summed E-state index contributed by atoms with van der Waals surface area (Å²) in [5.74, 6) is 0. The molecule has 2 heterocycles. The molecular weight excluding hydrogens is 362 g/mol. The molecule has 7 heteroatoms. The minimum absolute atomic E-state index is 0.173. The summed E-state index contributed by atoms with van der Waals surface area (Å²) in [5, 5.41) is 4.68. The third-order valence-electron chi connectivity index (χ3n) is 4.32. The van der Waals surface area contributed by atoms with Crippen LogP contribution in [0, 0.1) is 0 Å². The summed E-state index contributed by atoms with van der Waals surface area (Å²) in [6.07, 6.45) is 0.215. The van der Waals surface area contributed by atoms with Gasteiger partial charge in [0.2, 0.25) is 0 Å². The van der Waals surface area contributed by atoms with Gasteiger partial charge in [-0.05, 0) is 12.1 Å². The van der Waals surface area contributed by atoms with Crippen molar-refractivity contribution in [3.8, 4) is 16.9 Å². The highest BCUT2D eigenvalue weighted by Gasteiger charge is 2.15. The summed E-state index contributed by atoms with van der Waals surface area (Å²) >= 11 is 0. The number of halogens is 2. The SMILES string of the molecule is O=c1cc(C(F)F)ncn1Cc1cn(-c2ccccc2)nc1-c1ccccc1. The fraction of sp³-hybridized carbons (Fsp3) is 0.0952. The second-order valence-corrected chi connectivity index (χ2v) is 6.23. The van der Waals surface area contributed by atoms with E-state index in [2.05, 4.69) is 10.1 Å². The summed E-state index contributed by atoms with van der Waals surface area (Å²) in [6.45, 7) is 0.173. The predicted molar refractivity (Wildman–Crippen MR) is 102 cm³/mol. The number of rotatable bonds is 5. The van der Waals surface area contributed by atoms with Crippen LogP contribution in [0.15, 0.2) is 84.0 Å². The first kappa shape index (κ1) is 17.8. The van der Waals surface area contributed by atoms with Gasteiger partial charge in [-0.1, -0.05) is 48.5 Å². The molecule has 0 saturated heterocycles. The van der Waals surface area contributed by atoms with Crippen molar-refractivity contribution in [3.63, 3.8) is 0 Å². The third kappa shape index (κ3) is 3.59. The number of nitrogens with zero attached hydrogens (tertiary/aromatic N) is 4. The van der Waals surface area contributed by atoms with E-state index in [4.69, 9.17) is 0 Å². The Balaban J connectivity index is 1.77. The highest BCUT2D eigenvalue weighted by molar-refractivity contribution is 5.63. The molecule has 0 saturated carbocycles. The highest BCUT2D eigenvalue weighted by atomic mass is 19.3. The molecule has 5 nitrogen and oxygen atoms in total. The van der Waals surface area contributed by atoms with E-state index < -0.39 is 17.7 Å². The van der Waals surface area contributed by atoms with Gasteiger partial charge < -0.3 is 0 Å². The second-order valence-electron chi connectivity index (χ2n) is 6.23. The zero-order chi connectivity index (χ0) is 19.5. The molecule has 4 rings (SSSR count). The number of hydrogen-bond acceptors (Lipinski definition) is 3. The first-order valence-corrected chi connectivity index (χ1v) is 8.66. The molecule has 0 aliphatic heterocycles. The van der Waals surface area contributed by atoms with E-state index >= 15 is 0 Å². The first-order valence-electron chi connectivity index (χ1n) is 8.66. The Morgan fingerprint density at radius 1 is 0.964 bits per heavy atom. The number of benzene rings is 2. The molecule has 0 aliphatic rings. The van der Waals surface area contributed by atoms with Crippen LogP contribution in [0.1, 0.15) is 17.7 Å². The Morgan fingerprint density at radius 2 is 1.64 bits per heavy atom. The predicted octanol–water partition coefficient (Wildman–Crippen LogP) is 4.08. The molecule has 2 aromatic heterocycles. The fourth-order valence-electron chi connectivity index (χ4n) is 2.94. The van der Waals surface area contributed by atoms with Crippen molar-refractivity contribution in [2.24, 2.45) is 0 Å². The van der Waals surface area contributed by atoms with E-state index in [1.54, 1.807) is 4.68 Å². The molecule has 0 atom stereocenters. The van der Waals surface area contributed by atoms with Gasteiger partial charge in [0.1, 0.15) is 5.69 Å². The van der Waals surface area contributed by atoms with Gasteiger partial charge in [0.05, 0.1) is 24.3 Å². The summed E-state index contributed by atoms with van der Waals surface area (Å²) in [5.41, 5.74) is 2.22. The molecule has 28 heavy (non-hydrogen) atoms. The Labute approximate surface area is 159 Å². The van der Waals surface area contributed by atoms with Gasteiger partial charge in [0.15, 0.2) is 0 Å². The van der Waals surface area contributed by atoms with Gasteiger partial charge in [-0.25, -0.2) is 18.4 Å². The van der Waals surface area contributed by atoms with Crippen molar-refractivity contribution >= 4 is 0 Å². The maximum absolute atomic E-state index is 12.8. The molecule has 0 N–H and O–H groups in total. The van der Waals surface area contributed by atoms with E-state index in [0.29, 0.717) is 5.69 Å². The highest BCUT2D eigenvalue weighted by Crippen LogP contribution is 2.24. The second kappa shape index (κ2) is 7.56. The van der Waals surface area contributed by atoms with Crippen molar-refractivity contribution in [2.75, 3.05) is 0 Å². The Bertz CT molecular complexity index is 1140. The van der Waals surface area contributed by atoms with Crippen LogP contribution in [0.25, 0.3) is 16.9 Å². The molecule has 0 unspecified atom stereocenters. The first-order chi connectivity index (χ1) is 13.6. The molecule has 0 fully saturated rings. The van der Waals surface area contributed by atoms with Gasteiger partial charge in [-0.2, -0.15) is 5.10 Å². The maximum atomic E-state index is 12.8. The van der Waals surface area contributed by atoms with Gasteiger partial charge in [0, 0.05) is 23.4 Å². The van der Waals surface area contributed by atoms with E-state index in [9.17, 15) is 13.6 Å². The van der Waals surface area contributed by atoms with Gasteiger partial charge in [0.25, 0.3) is 12.0 Å². The number of aromatic nitrogens is 4. The third-order valence-corrected chi connectivity index (χ3v) is 4.32. The molecule has 140 valence electrons. The van der Waals surface area contributed by atoms with Gasteiger partial charge in [-0.3, -0.25) is 9.36 Å². The molecule has 2 aromatic carbocycles. The van der Waals surface area contributed by atoms with Gasteiger partial charge in [-0.15, -0.1) is 0 Å². The summed E-state index contributed by atoms with van der Waals surface area (Å²) in [7, 11) is 0. The van der Waals surface area contributed by atoms with Crippen molar-refractivity contribution in [1.82, 2.24) is 19.3 Å². The molecule has 0 bridgehead atoms. The Hall–Kier alpha value is -3.61. The van der Waals surface area contributed by atoms with E-state index in [0.717, 1.165) is 29.2 Å². The van der Waals surface area contributed by atoms with Crippen molar-refractivity contribution in [1.29, 1.82) is 0 Å². The Morgan fingerprint density at radius 3 is 2.29 bits per heavy atom. The lowest BCUT2D eigenvalue weighted by molar-refractivity contribution is 0.145. The van der Waals surface area contributed by atoms with Crippen LogP contribution in [-0.4, -0.2) is 19.3 Å². The largest absolute Gasteiger partial charge is 0.295 e. The van der Waals surface area contributed by atoms with Crippen LogP contribution in [0.2, 0.25) is 0 Å². The van der Waals surface area contributed by atoms with Gasteiger partial charge >= 0.3 is 0 Å². The smallest absolute Gasteiger partial charge is 0.280 e. The molecule has 0 aliphatic carbocycles. The monoisotopic (exact) mass is 378 g/mol. The number of para-hydroxylation sites is 1. The molecule has 0 spiro atoms. The lowest BCUT2D eigenvalue weighted by atomic mass is 10.1. The van der Waals surface area contributed by atoms with Crippen molar-refractivity contribution in [2.45, 2.75) is 13.0 Å². The maximum Gasteiger partial charge on any atom is 0.280 e. The van der Waals surface area contributed by atoms with Crippen molar-refractivity contribution in [3.05, 3.63) is 101 Å². The van der Waals surface area contributed by atoms with Crippen LogP contribution in [0.5, 0.6) is 0 Å². The molecule has 0 radical (unpaired) electrons. The zero-order valence-corrected chi connectivity index (χ0v) is 14.7. The normalized spacial score (nSPS) is 11.1. The van der Waals surface area contributed by atoms with Crippen LogP contribution in [0.3, 0.4) is 0 Å². The van der Waals surface area contributed by atoms with Crippen LogP contribution in [-0.2, 0) is 6.54 Å².